The van der Waals surface area contributed by atoms with Crippen molar-refractivity contribution in [1.82, 2.24) is 9.97 Å². The quantitative estimate of drug-likeness (QED) is 0.735. The SMILES string of the molecule is NC1CCc2nc(C3CCCC3)[nH]c2C1. The van der Waals surface area contributed by atoms with Crippen molar-refractivity contribution in [3.63, 3.8) is 0 Å². The van der Waals surface area contributed by atoms with Gasteiger partial charge in [0, 0.05) is 24.1 Å². The summed E-state index contributed by atoms with van der Waals surface area (Å²) in [6.07, 6.45) is 8.54. The van der Waals surface area contributed by atoms with Crippen LogP contribution >= 0.6 is 0 Å². The molecule has 3 heteroatoms. The first-order valence-electron chi connectivity index (χ1n) is 6.16. The predicted octanol–water partition coefficient (Wildman–Crippen LogP) is 1.88. The molecule has 0 bridgehead atoms. The summed E-state index contributed by atoms with van der Waals surface area (Å²) in [6.45, 7) is 0. The van der Waals surface area contributed by atoms with E-state index in [0.717, 1.165) is 19.3 Å². The summed E-state index contributed by atoms with van der Waals surface area (Å²) in [6, 6.07) is 0.342. The van der Waals surface area contributed by atoms with Gasteiger partial charge in [-0.05, 0) is 25.7 Å². The molecule has 1 unspecified atom stereocenters. The highest BCUT2D eigenvalue weighted by molar-refractivity contribution is 5.21. The molecule has 1 saturated carbocycles. The Labute approximate surface area is 90.5 Å². The maximum Gasteiger partial charge on any atom is 0.109 e. The number of aromatic nitrogens is 2. The van der Waals surface area contributed by atoms with Crippen LogP contribution in [0.15, 0.2) is 0 Å². The summed E-state index contributed by atoms with van der Waals surface area (Å²) < 4.78 is 0. The zero-order valence-electron chi connectivity index (χ0n) is 9.13. The highest BCUT2D eigenvalue weighted by atomic mass is 15.0. The largest absolute Gasteiger partial charge is 0.345 e. The third-order valence-corrected chi connectivity index (χ3v) is 3.84. The van der Waals surface area contributed by atoms with Crippen LogP contribution in [0, 0.1) is 0 Å². The van der Waals surface area contributed by atoms with Crippen molar-refractivity contribution >= 4 is 0 Å². The van der Waals surface area contributed by atoms with Crippen LogP contribution < -0.4 is 5.73 Å². The summed E-state index contributed by atoms with van der Waals surface area (Å²) in [4.78, 5) is 8.27. The molecule has 3 N–H and O–H groups in total. The van der Waals surface area contributed by atoms with Gasteiger partial charge in [-0.25, -0.2) is 4.98 Å². The van der Waals surface area contributed by atoms with Gasteiger partial charge in [0.25, 0.3) is 0 Å². The molecule has 1 aromatic rings. The van der Waals surface area contributed by atoms with Crippen LogP contribution in [-0.4, -0.2) is 16.0 Å². The maximum atomic E-state index is 5.96. The van der Waals surface area contributed by atoms with E-state index in [1.54, 1.807) is 0 Å². The maximum absolute atomic E-state index is 5.96. The summed E-state index contributed by atoms with van der Waals surface area (Å²) in [5.41, 5.74) is 8.57. The molecule has 2 aliphatic rings. The topological polar surface area (TPSA) is 54.7 Å². The Morgan fingerprint density at radius 3 is 2.80 bits per heavy atom. The zero-order chi connectivity index (χ0) is 10.3. The van der Waals surface area contributed by atoms with Crippen LogP contribution in [0.3, 0.4) is 0 Å². The van der Waals surface area contributed by atoms with Crippen molar-refractivity contribution in [2.75, 3.05) is 0 Å². The lowest BCUT2D eigenvalue weighted by Gasteiger charge is -2.16. The van der Waals surface area contributed by atoms with Crippen LogP contribution in [-0.2, 0) is 12.8 Å². The van der Waals surface area contributed by atoms with Gasteiger partial charge in [0.2, 0.25) is 0 Å². The van der Waals surface area contributed by atoms with Gasteiger partial charge in [-0.2, -0.15) is 0 Å². The molecule has 1 atom stereocenters. The van der Waals surface area contributed by atoms with E-state index >= 15 is 0 Å². The minimum absolute atomic E-state index is 0.342. The standard InChI is InChI=1S/C12H19N3/c13-9-5-6-10-11(7-9)15-12(14-10)8-3-1-2-4-8/h8-9H,1-7,13H2,(H,14,15). The van der Waals surface area contributed by atoms with Crippen LogP contribution in [0.4, 0.5) is 0 Å². The summed E-state index contributed by atoms with van der Waals surface area (Å²) in [7, 11) is 0. The summed E-state index contributed by atoms with van der Waals surface area (Å²) in [5.74, 6) is 1.94. The van der Waals surface area contributed by atoms with Crippen LogP contribution in [0.5, 0.6) is 0 Å². The van der Waals surface area contributed by atoms with Crippen molar-refractivity contribution in [2.45, 2.75) is 56.9 Å². The lowest BCUT2D eigenvalue weighted by atomic mass is 9.97. The first-order chi connectivity index (χ1) is 7.33. The summed E-state index contributed by atoms with van der Waals surface area (Å²) >= 11 is 0. The molecule has 0 amide bonds. The fourth-order valence-electron chi connectivity index (χ4n) is 2.92. The molecule has 3 rings (SSSR count). The molecule has 82 valence electrons. The normalized spacial score (nSPS) is 26.9. The smallest absolute Gasteiger partial charge is 0.109 e. The molecule has 0 radical (unpaired) electrons. The lowest BCUT2D eigenvalue weighted by Crippen LogP contribution is -2.27. The molecule has 3 nitrogen and oxygen atoms in total. The van der Waals surface area contributed by atoms with Gasteiger partial charge < -0.3 is 10.7 Å². The van der Waals surface area contributed by atoms with Gasteiger partial charge >= 0.3 is 0 Å². The Balaban J connectivity index is 1.85. The molecule has 1 heterocycles. The Kier molecular flexibility index (Phi) is 2.28. The number of H-pyrrole nitrogens is 1. The number of nitrogens with two attached hydrogens (primary N) is 1. The number of fused-ring (bicyclic) bond motifs is 1. The van der Waals surface area contributed by atoms with Crippen LogP contribution in [0.1, 0.15) is 55.2 Å². The van der Waals surface area contributed by atoms with E-state index in [1.807, 2.05) is 0 Å². The van der Waals surface area contributed by atoms with Crippen molar-refractivity contribution in [3.8, 4) is 0 Å². The molecule has 0 aromatic carbocycles. The Morgan fingerprint density at radius 2 is 2.00 bits per heavy atom. The van der Waals surface area contributed by atoms with Gasteiger partial charge in [-0.15, -0.1) is 0 Å². The third-order valence-electron chi connectivity index (χ3n) is 3.84. The molecule has 15 heavy (non-hydrogen) atoms. The van der Waals surface area contributed by atoms with E-state index in [-0.39, 0.29) is 0 Å². The van der Waals surface area contributed by atoms with Crippen LogP contribution in [0.2, 0.25) is 0 Å². The van der Waals surface area contributed by atoms with E-state index in [2.05, 4.69) is 4.98 Å². The molecule has 1 fully saturated rings. The first kappa shape index (κ1) is 9.40. The van der Waals surface area contributed by atoms with E-state index in [1.165, 1.54) is 42.9 Å². The molecular formula is C12H19N3. The van der Waals surface area contributed by atoms with Gasteiger partial charge in [-0.1, -0.05) is 12.8 Å². The number of rotatable bonds is 1. The highest BCUT2D eigenvalue weighted by Crippen LogP contribution is 2.33. The van der Waals surface area contributed by atoms with E-state index in [0.29, 0.717) is 12.0 Å². The van der Waals surface area contributed by atoms with Crippen molar-refractivity contribution < 1.29 is 0 Å². The van der Waals surface area contributed by atoms with Crippen LogP contribution in [0.25, 0.3) is 0 Å². The molecule has 2 aliphatic carbocycles. The first-order valence-corrected chi connectivity index (χ1v) is 6.16. The Hall–Kier alpha value is -0.830. The number of aromatic amines is 1. The average molecular weight is 205 g/mol. The molecule has 1 aromatic heterocycles. The van der Waals surface area contributed by atoms with E-state index in [9.17, 15) is 0 Å². The average Bonchev–Trinajstić information content (AvgIpc) is 2.84. The molecule has 0 spiro atoms. The number of hydrogen-bond donors (Lipinski definition) is 2. The van der Waals surface area contributed by atoms with Gasteiger partial charge in [0.1, 0.15) is 5.82 Å². The van der Waals surface area contributed by atoms with Crippen molar-refractivity contribution in [3.05, 3.63) is 17.2 Å². The van der Waals surface area contributed by atoms with Crippen molar-refractivity contribution in [2.24, 2.45) is 5.73 Å². The number of nitrogens with zero attached hydrogens (tertiary/aromatic N) is 1. The minimum Gasteiger partial charge on any atom is -0.345 e. The Bertz CT molecular complexity index is 350. The summed E-state index contributed by atoms with van der Waals surface area (Å²) in [5, 5.41) is 0. The second-order valence-electron chi connectivity index (χ2n) is 5.03. The number of nitrogens with one attached hydrogen (secondary N) is 1. The number of aryl methyl sites for hydroxylation is 1. The zero-order valence-corrected chi connectivity index (χ0v) is 9.13. The van der Waals surface area contributed by atoms with Gasteiger partial charge in [-0.3, -0.25) is 0 Å². The van der Waals surface area contributed by atoms with E-state index < -0.39 is 0 Å². The van der Waals surface area contributed by atoms with Crippen molar-refractivity contribution in [1.29, 1.82) is 0 Å². The lowest BCUT2D eigenvalue weighted by molar-refractivity contribution is 0.565. The molecule has 0 aliphatic heterocycles. The molecular weight excluding hydrogens is 186 g/mol. The molecule has 0 saturated heterocycles. The van der Waals surface area contributed by atoms with E-state index in [4.69, 9.17) is 10.7 Å². The highest BCUT2D eigenvalue weighted by Gasteiger charge is 2.24. The second-order valence-corrected chi connectivity index (χ2v) is 5.03. The van der Waals surface area contributed by atoms with Gasteiger partial charge in [0.15, 0.2) is 0 Å². The fraction of sp³-hybridized carbons (Fsp3) is 0.750. The second kappa shape index (κ2) is 3.63. The Morgan fingerprint density at radius 1 is 1.20 bits per heavy atom. The number of hydrogen-bond acceptors (Lipinski definition) is 2. The minimum atomic E-state index is 0.342. The predicted molar refractivity (Wildman–Crippen MR) is 59.8 cm³/mol. The third kappa shape index (κ3) is 1.69. The monoisotopic (exact) mass is 205 g/mol. The number of imidazole rings is 1. The fourth-order valence-corrected chi connectivity index (χ4v) is 2.92. The van der Waals surface area contributed by atoms with Gasteiger partial charge in [0.05, 0.1) is 5.69 Å².